The SMILES string of the molecule is CCC(C(=O)NCC1COc2ccccc2O1)N(c1cc(C)ccc1C)S(C)(=O)=O. The van der Waals surface area contributed by atoms with Crippen LogP contribution in [-0.4, -0.2) is 45.9 Å². The summed E-state index contributed by atoms with van der Waals surface area (Å²) in [4.78, 5) is 13.0. The smallest absolute Gasteiger partial charge is 0.244 e. The zero-order chi connectivity index (χ0) is 21.9. The molecule has 30 heavy (non-hydrogen) atoms. The van der Waals surface area contributed by atoms with Crippen LogP contribution in [0.4, 0.5) is 5.69 Å². The molecule has 0 saturated carbocycles. The van der Waals surface area contributed by atoms with Gasteiger partial charge < -0.3 is 14.8 Å². The first-order chi connectivity index (χ1) is 14.2. The number of carbonyl (C=O) groups is 1. The fraction of sp³-hybridized carbons (Fsp3) is 0.409. The molecule has 2 aromatic rings. The van der Waals surface area contributed by atoms with Gasteiger partial charge in [0.05, 0.1) is 18.5 Å². The van der Waals surface area contributed by atoms with E-state index in [9.17, 15) is 13.2 Å². The molecule has 8 heteroatoms. The summed E-state index contributed by atoms with van der Waals surface area (Å²) in [5.74, 6) is 0.930. The number of rotatable bonds is 7. The van der Waals surface area contributed by atoms with Crippen molar-refractivity contribution in [1.29, 1.82) is 0 Å². The third-order valence-corrected chi connectivity index (χ3v) is 6.17. The zero-order valence-corrected chi connectivity index (χ0v) is 18.5. The molecule has 0 aromatic heterocycles. The lowest BCUT2D eigenvalue weighted by atomic mass is 10.1. The number of nitrogens with zero attached hydrogens (tertiary/aromatic N) is 1. The Labute approximate surface area is 178 Å². The van der Waals surface area contributed by atoms with Crippen LogP contribution in [0.3, 0.4) is 0 Å². The Morgan fingerprint density at radius 3 is 2.57 bits per heavy atom. The van der Waals surface area contributed by atoms with Crippen LogP contribution in [0.2, 0.25) is 0 Å². The average Bonchev–Trinajstić information content (AvgIpc) is 2.71. The molecule has 0 aliphatic carbocycles. The molecule has 1 heterocycles. The van der Waals surface area contributed by atoms with Gasteiger partial charge >= 0.3 is 0 Å². The minimum absolute atomic E-state index is 0.216. The molecule has 1 aliphatic rings. The quantitative estimate of drug-likeness (QED) is 0.727. The Hall–Kier alpha value is -2.74. The predicted molar refractivity (Wildman–Crippen MR) is 117 cm³/mol. The van der Waals surface area contributed by atoms with Crippen molar-refractivity contribution >= 4 is 21.6 Å². The molecule has 1 aliphatic heterocycles. The number of ether oxygens (including phenoxy) is 2. The third-order valence-electron chi connectivity index (χ3n) is 5.00. The molecular weight excluding hydrogens is 404 g/mol. The number of sulfonamides is 1. The van der Waals surface area contributed by atoms with E-state index in [1.54, 1.807) is 13.0 Å². The lowest BCUT2D eigenvalue weighted by Crippen LogP contribution is -2.51. The maximum atomic E-state index is 13.0. The molecule has 0 radical (unpaired) electrons. The first-order valence-electron chi connectivity index (χ1n) is 9.93. The highest BCUT2D eigenvalue weighted by molar-refractivity contribution is 7.92. The minimum Gasteiger partial charge on any atom is -0.486 e. The lowest BCUT2D eigenvalue weighted by Gasteiger charge is -2.32. The van der Waals surface area contributed by atoms with Crippen LogP contribution in [-0.2, 0) is 14.8 Å². The van der Waals surface area contributed by atoms with Crippen molar-refractivity contribution < 1.29 is 22.7 Å². The number of para-hydroxylation sites is 2. The van der Waals surface area contributed by atoms with Gasteiger partial charge in [-0.05, 0) is 49.6 Å². The summed E-state index contributed by atoms with van der Waals surface area (Å²) in [7, 11) is -3.68. The molecule has 162 valence electrons. The second-order valence-corrected chi connectivity index (χ2v) is 9.37. The van der Waals surface area contributed by atoms with Crippen LogP contribution >= 0.6 is 0 Å². The van der Waals surface area contributed by atoms with Crippen molar-refractivity contribution in [2.45, 2.75) is 39.3 Å². The van der Waals surface area contributed by atoms with E-state index >= 15 is 0 Å². The van der Waals surface area contributed by atoms with E-state index in [2.05, 4.69) is 5.32 Å². The van der Waals surface area contributed by atoms with Gasteiger partial charge in [-0.2, -0.15) is 0 Å². The summed E-state index contributed by atoms with van der Waals surface area (Å²) in [6.07, 6.45) is 1.10. The number of aryl methyl sites for hydroxylation is 2. The van der Waals surface area contributed by atoms with Gasteiger partial charge in [0, 0.05) is 0 Å². The molecule has 1 N–H and O–H groups in total. The van der Waals surface area contributed by atoms with Crippen molar-refractivity contribution in [3.8, 4) is 11.5 Å². The largest absolute Gasteiger partial charge is 0.486 e. The number of benzene rings is 2. The monoisotopic (exact) mass is 432 g/mol. The first kappa shape index (κ1) is 22.0. The molecule has 0 bridgehead atoms. The predicted octanol–water partition coefficient (Wildman–Crippen LogP) is 2.80. The molecule has 2 unspecified atom stereocenters. The van der Waals surface area contributed by atoms with Gasteiger partial charge in [0.2, 0.25) is 15.9 Å². The molecule has 2 aromatic carbocycles. The van der Waals surface area contributed by atoms with Crippen LogP contribution in [0, 0.1) is 13.8 Å². The zero-order valence-electron chi connectivity index (χ0n) is 17.7. The molecule has 0 fully saturated rings. The van der Waals surface area contributed by atoms with E-state index in [4.69, 9.17) is 9.47 Å². The average molecular weight is 433 g/mol. The standard InChI is InChI=1S/C22H28N2O5S/c1-5-18(24(30(4,26)27)19-12-15(2)10-11-16(19)3)22(25)23-13-17-14-28-20-8-6-7-9-21(20)29-17/h6-12,17-18H,5,13-14H2,1-4H3,(H,23,25). The van der Waals surface area contributed by atoms with Crippen molar-refractivity contribution in [2.24, 2.45) is 0 Å². The molecule has 2 atom stereocenters. The van der Waals surface area contributed by atoms with Gasteiger partial charge in [0.1, 0.15) is 18.8 Å². The second kappa shape index (κ2) is 8.95. The van der Waals surface area contributed by atoms with E-state index in [-0.39, 0.29) is 18.6 Å². The Morgan fingerprint density at radius 1 is 1.20 bits per heavy atom. The molecule has 0 saturated heterocycles. The van der Waals surface area contributed by atoms with E-state index in [0.29, 0.717) is 30.2 Å². The summed E-state index contributed by atoms with van der Waals surface area (Å²) in [5, 5.41) is 2.84. The van der Waals surface area contributed by atoms with Gasteiger partial charge in [-0.3, -0.25) is 9.10 Å². The van der Waals surface area contributed by atoms with Crippen LogP contribution in [0.5, 0.6) is 11.5 Å². The fourth-order valence-corrected chi connectivity index (χ4v) is 4.75. The summed E-state index contributed by atoms with van der Waals surface area (Å²) in [6.45, 7) is 6.05. The van der Waals surface area contributed by atoms with Crippen LogP contribution in [0.15, 0.2) is 42.5 Å². The highest BCUT2D eigenvalue weighted by Crippen LogP contribution is 2.31. The Morgan fingerprint density at radius 2 is 1.90 bits per heavy atom. The second-order valence-electron chi connectivity index (χ2n) is 7.52. The van der Waals surface area contributed by atoms with Gasteiger partial charge in [0.25, 0.3) is 0 Å². The van der Waals surface area contributed by atoms with Crippen LogP contribution in [0.25, 0.3) is 0 Å². The summed E-state index contributed by atoms with van der Waals surface area (Å²) in [6, 6.07) is 12.1. The van der Waals surface area contributed by atoms with E-state index in [1.807, 2.05) is 50.2 Å². The third kappa shape index (κ3) is 4.87. The molecule has 7 nitrogen and oxygen atoms in total. The van der Waals surface area contributed by atoms with Crippen molar-refractivity contribution in [2.75, 3.05) is 23.7 Å². The number of carbonyl (C=O) groups excluding carboxylic acids is 1. The minimum atomic E-state index is -3.68. The Balaban J connectivity index is 1.76. The topological polar surface area (TPSA) is 84.9 Å². The summed E-state index contributed by atoms with van der Waals surface area (Å²) < 4.78 is 38.1. The van der Waals surface area contributed by atoms with E-state index < -0.39 is 16.1 Å². The van der Waals surface area contributed by atoms with E-state index in [0.717, 1.165) is 17.4 Å². The first-order valence-corrected chi connectivity index (χ1v) is 11.8. The normalized spacial score (nSPS) is 16.6. The number of nitrogens with one attached hydrogen (secondary N) is 1. The maximum absolute atomic E-state index is 13.0. The Kier molecular flexibility index (Phi) is 6.55. The number of hydrogen-bond donors (Lipinski definition) is 1. The van der Waals surface area contributed by atoms with Crippen molar-refractivity contribution in [1.82, 2.24) is 5.32 Å². The number of amides is 1. The maximum Gasteiger partial charge on any atom is 0.244 e. The van der Waals surface area contributed by atoms with Crippen LogP contribution in [0.1, 0.15) is 24.5 Å². The number of hydrogen-bond acceptors (Lipinski definition) is 5. The highest BCUT2D eigenvalue weighted by atomic mass is 32.2. The number of fused-ring (bicyclic) bond motifs is 1. The fourth-order valence-electron chi connectivity index (χ4n) is 3.49. The van der Waals surface area contributed by atoms with Gasteiger partial charge in [-0.15, -0.1) is 0 Å². The van der Waals surface area contributed by atoms with Gasteiger partial charge in [-0.25, -0.2) is 8.42 Å². The molecule has 0 spiro atoms. The van der Waals surface area contributed by atoms with Crippen molar-refractivity contribution in [3.05, 3.63) is 53.6 Å². The summed E-state index contributed by atoms with van der Waals surface area (Å²) >= 11 is 0. The Bertz CT molecular complexity index is 1020. The van der Waals surface area contributed by atoms with Crippen LogP contribution < -0.4 is 19.1 Å². The molecular formula is C22H28N2O5S. The molecule has 3 rings (SSSR count). The van der Waals surface area contributed by atoms with Gasteiger partial charge in [-0.1, -0.05) is 31.2 Å². The van der Waals surface area contributed by atoms with Crippen molar-refractivity contribution in [3.63, 3.8) is 0 Å². The lowest BCUT2D eigenvalue weighted by molar-refractivity contribution is -0.122. The molecule has 1 amide bonds. The summed E-state index contributed by atoms with van der Waals surface area (Å²) in [5.41, 5.74) is 2.23. The van der Waals surface area contributed by atoms with Gasteiger partial charge in [0.15, 0.2) is 11.5 Å². The van der Waals surface area contributed by atoms with E-state index in [1.165, 1.54) is 4.31 Å². The highest BCUT2D eigenvalue weighted by Gasteiger charge is 2.33. The number of anilines is 1.